The van der Waals surface area contributed by atoms with E-state index in [2.05, 4.69) is 45.5 Å². The largest absolute Gasteiger partial charge is 0.354 e. The first-order valence-corrected chi connectivity index (χ1v) is 10.2. The van der Waals surface area contributed by atoms with Gasteiger partial charge in [0, 0.05) is 32.0 Å². The molecule has 3 aromatic rings. The van der Waals surface area contributed by atoms with Crippen molar-refractivity contribution in [2.45, 2.75) is 32.1 Å². The molecular weight excluding hydrogens is 348 g/mol. The third kappa shape index (κ3) is 4.25. The van der Waals surface area contributed by atoms with E-state index in [-0.39, 0.29) is 5.91 Å². The van der Waals surface area contributed by atoms with Gasteiger partial charge in [0.2, 0.25) is 5.91 Å². The van der Waals surface area contributed by atoms with Crippen molar-refractivity contribution in [1.29, 1.82) is 0 Å². The second kappa shape index (κ2) is 8.57. The second-order valence-corrected chi connectivity index (χ2v) is 7.71. The standard InChI is InChI=1S/C23H28N4O/c1-18-7-5-13-27-21(16-25-23(18)27)15-22(28)24-11-14-26-12-6-10-20(17-26)19-8-3-2-4-9-19/h2-5,7-9,13,16,20H,6,10-12,14-15,17H2,1H3,(H,24,28). The maximum atomic E-state index is 12.4. The number of aromatic nitrogens is 2. The normalized spacial score (nSPS) is 17.7. The fraction of sp³-hybridized carbons (Fsp3) is 0.391. The van der Waals surface area contributed by atoms with Crippen molar-refractivity contribution < 1.29 is 4.79 Å². The summed E-state index contributed by atoms with van der Waals surface area (Å²) in [4.78, 5) is 19.3. The van der Waals surface area contributed by atoms with E-state index < -0.39 is 0 Å². The lowest BCUT2D eigenvalue weighted by molar-refractivity contribution is -0.120. The van der Waals surface area contributed by atoms with Gasteiger partial charge in [-0.3, -0.25) is 4.79 Å². The number of likely N-dealkylation sites (tertiary alicyclic amines) is 1. The van der Waals surface area contributed by atoms with Gasteiger partial charge >= 0.3 is 0 Å². The average molecular weight is 377 g/mol. The molecule has 0 spiro atoms. The molecule has 5 heteroatoms. The van der Waals surface area contributed by atoms with Crippen LogP contribution in [0.3, 0.4) is 0 Å². The van der Waals surface area contributed by atoms with E-state index in [1.165, 1.54) is 18.4 Å². The molecule has 1 saturated heterocycles. The molecule has 28 heavy (non-hydrogen) atoms. The lowest BCUT2D eigenvalue weighted by Crippen LogP contribution is -2.40. The first kappa shape index (κ1) is 18.7. The Morgan fingerprint density at radius 2 is 2.07 bits per heavy atom. The first-order chi connectivity index (χ1) is 13.7. The Morgan fingerprint density at radius 1 is 1.21 bits per heavy atom. The molecule has 0 bridgehead atoms. The van der Waals surface area contributed by atoms with Crippen molar-refractivity contribution in [2.75, 3.05) is 26.2 Å². The Morgan fingerprint density at radius 3 is 2.93 bits per heavy atom. The number of fused-ring (bicyclic) bond motifs is 1. The minimum atomic E-state index is 0.0555. The Bertz CT molecular complexity index is 934. The zero-order chi connectivity index (χ0) is 19.3. The van der Waals surface area contributed by atoms with Crippen molar-refractivity contribution in [3.05, 3.63) is 71.7 Å². The van der Waals surface area contributed by atoms with Crippen LogP contribution in [0, 0.1) is 6.92 Å². The van der Waals surface area contributed by atoms with Crippen molar-refractivity contribution in [2.24, 2.45) is 0 Å². The molecule has 1 aliphatic rings. The summed E-state index contributed by atoms with van der Waals surface area (Å²) in [6.07, 6.45) is 6.60. The molecule has 1 aliphatic heterocycles. The molecule has 0 aliphatic carbocycles. The van der Waals surface area contributed by atoms with Crippen LogP contribution in [0.2, 0.25) is 0 Å². The molecule has 3 heterocycles. The lowest BCUT2D eigenvalue weighted by Gasteiger charge is -2.33. The smallest absolute Gasteiger partial charge is 0.226 e. The van der Waals surface area contributed by atoms with E-state index >= 15 is 0 Å². The molecule has 4 rings (SSSR count). The van der Waals surface area contributed by atoms with Crippen LogP contribution in [0.1, 0.15) is 35.6 Å². The van der Waals surface area contributed by atoms with Gasteiger partial charge in [-0.15, -0.1) is 0 Å². The van der Waals surface area contributed by atoms with Gasteiger partial charge in [0.05, 0.1) is 12.1 Å². The van der Waals surface area contributed by atoms with Gasteiger partial charge in [-0.1, -0.05) is 36.4 Å². The zero-order valence-corrected chi connectivity index (χ0v) is 16.5. The Kier molecular flexibility index (Phi) is 5.72. The predicted molar refractivity (Wildman–Crippen MR) is 111 cm³/mol. The number of benzene rings is 1. The molecule has 1 amide bonds. The average Bonchev–Trinajstić information content (AvgIpc) is 3.13. The summed E-state index contributed by atoms with van der Waals surface area (Å²) in [5, 5.41) is 3.08. The fourth-order valence-electron chi connectivity index (χ4n) is 4.17. The third-order valence-electron chi connectivity index (χ3n) is 5.68. The van der Waals surface area contributed by atoms with E-state index in [1.807, 2.05) is 29.7 Å². The Labute approximate surface area is 166 Å². The highest BCUT2D eigenvalue weighted by atomic mass is 16.1. The van der Waals surface area contributed by atoms with E-state index in [0.717, 1.165) is 36.5 Å². The SMILES string of the molecule is Cc1cccn2c(CC(=O)NCCN3CCCC(c4ccccc4)C3)cnc12. The summed E-state index contributed by atoms with van der Waals surface area (Å²) in [6, 6.07) is 14.8. The highest BCUT2D eigenvalue weighted by Crippen LogP contribution is 2.26. The van der Waals surface area contributed by atoms with Crippen LogP contribution < -0.4 is 5.32 Å². The van der Waals surface area contributed by atoms with Crippen LogP contribution >= 0.6 is 0 Å². The molecule has 0 saturated carbocycles. The van der Waals surface area contributed by atoms with E-state index in [0.29, 0.717) is 18.9 Å². The summed E-state index contributed by atoms with van der Waals surface area (Å²) in [6.45, 7) is 5.82. The summed E-state index contributed by atoms with van der Waals surface area (Å²) < 4.78 is 2.00. The predicted octanol–water partition coefficient (Wildman–Crippen LogP) is 3.18. The molecule has 5 nitrogen and oxygen atoms in total. The van der Waals surface area contributed by atoms with Crippen LogP contribution in [0.15, 0.2) is 54.9 Å². The second-order valence-electron chi connectivity index (χ2n) is 7.71. The van der Waals surface area contributed by atoms with E-state index in [4.69, 9.17) is 0 Å². The highest BCUT2D eigenvalue weighted by molar-refractivity contribution is 5.78. The van der Waals surface area contributed by atoms with Crippen molar-refractivity contribution in [3.63, 3.8) is 0 Å². The summed E-state index contributed by atoms with van der Waals surface area (Å²) in [5.74, 6) is 0.659. The minimum absolute atomic E-state index is 0.0555. The van der Waals surface area contributed by atoms with Crippen molar-refractivity contribution in [3.8, 4) is 0 Å². The molecular formula is C23H28N4O. The van der Waals surface area contributed by atoms with Crippen LogP contribution in [0.4, 0.5) is 0 Å². The summed E-state index contributed by atoms with van der Waals surface area (Å²) in [5.41, 5.74) is 4.40. The molecule has 1 unspecified atom stereocenters. The Hall–Kier alpha value is -2.66. The number of nitrogens with one attached hydrogen (secondary N) is 1. The van der Waals surface area contributed by atoms with Crippen LogP contribution in [0.5, 0.6) is 0 Å². The van der Waals surface area contributed by atoms with Crippen molar-refractivity contribution in [1.82, 2.24) is 19.6 Å². The maximum Gasteiger partial charge on any atom is 0.226 e. The third-order valence-corrected chi connectivity index (χ3v) is 5.68. The van der Waals surface area contributed by atoms with Gasteiger partial charge in [-0.2, -0.15) is 0 Å². The van der Waals surface area contributed by atoms with Gasteiger partial charge in [-0.25, -0.2) is 4.98 Å². The molecule has 1 fully saturated rings. The van der Waals surface area contributed by atoms with Gasteiger partial charge in [0.15, 0.2) is 0 Å². The number of pyridine rings is 1. The van der Waals surface area contributed by atoms with Gasteiger partial charge in [0.25, 0.3) is 0 Å². The molecule has 2 aromatic heterocycles. The maximum absolute atomic E-state index is 12.4. The Balaban J connectivity index is 1.26. The number of carbonyl (C=O) groups is 1. The monoisotopic (exact) mass is 376 g/mol. The van der Waals surface area contributed by atoms with Gasteiger partial charge in [0.1, 0.15) is 5.65 Å². The molecule has 1 aromatic carbocycles. The lowest BCUT2D eigenvalue weighted by atomic mass is 9.91. The van der Waals surface area contributed by atoms with Gasteiger partial charge in [-0.05, 0) is 49.4 Å². The topological polar surface area (TPSA) is 49.6 Å². The van der Waals surface area contributed by atoms with Crippen molar-refractivity contribution >= 4 is 11.6 Å². The first-order valence-electron chi connectivity index (χ1n) is 10.2. The number of carbonyl (C=O) groups excluding carboxylic acids is 1. The number of nitrogens with zero attached hydrogens (tertiary/aromatic N) is 3. The number of amides is 1. The molecule has 1 N–H and O–H groups in total. The number of imidazole rings is 1. The minimum Gasteiger partial charge on any atom is -0.354 e. The molecule has 1 atom stereocenters. The van der Waals surface area contributed by atoms with Crippen LogP contribution in [-0.2, 0) is 11.2 Å². The van der Waals surface area contributed by atoms with Crippen LogP contribution in [-0.4, -0.2) is 46.4 Å². The summed E-state index contributed by atoms with van der Waals surface area (Å²) >= 11 is 0. The summed E-state index contributed by atoms with van der Waals surface area (Å²) in [7, 11) is 0. The number of hydrogen-bond acceptors (Lipinski definition) is 3. The number of aryl methyl sites for hydroxylation is 1. The van der Waals surface area contributed by atoms with E-state index in [9.17, 15) is 4.79 Å². The highest BCUT2D eigenvalue weighted by Gasteiger charge is 2.21. The van der Waals surface area contributed by atoms with Crippen LogP contribution in [0.25, 0.3) is 5.65 Å². The van der Waals surface area contributed by atoms with Gasteiger partial charge < -0.3 is 14.6 Å². The number of rotatable bonds is 6. The quantitative estimate of drug-likeness (QED) is 0.719. The zero-order valence-electron chi connectivity index (χ0n) is 16.5. The molecule has 146 valence electrons. The number of piperidine rings is 1. The molecule has 0 radical (unpaired) electrons. The fourth-order valence-corrected chi connectivity index (χ4v) is 4.17. The van der Waals surface area contributed by atoms with E-state index in [1.54, 1.807) is 6.20 Å². The number of hydrogen-bond donors (Lipinski definition) is 1.